The van der Waals surface area contributed by atoms with Crippen LogP contribution in [0.1, 0.15) is 29.8 Å². The summed E-state index contributed by atoms with van der Waals surface area (Å²) in [4.78, 5) is 38.5. The van der Waals surface area contributed by atoms with Crippen molar-refractivity contribution in [2.45, 2.75) is 20.8 Å². The van der Waals surface area contributed by atoms with E-state index in [9.17, 15) is 23.9 Å². The average molecular weight is 527 g/mol. The van der Waals surface area contributed by atoms with Crippen LogP contribution in [0.4, 0.5) is 15.8 Å². The number of amides is 2. The van der Waals surface area contributed by atoms with E-state index in [0.29, 0.717) is 12.2 Å². The van der Waals surface area contributed by atoms with Crippen LogP contribution >= 0.6 is 11.6 Å². The van der Waals surface area contributed by atoms with E-state index < -0.39 is 18.5 Å². The normalized spacial score (nSPS) is 10.9. The van der Waals surface area contributed by atoms with Crippen molar-refractivity contribution in [1.82, 2.24) is 0 Å². The highest BCUT2D eigenvalue weighted by Gasteiger charge is 2.21. The summed E-state index contributed by atoms with van der Waals surface area (Å²) in [5.74, 6) is -2.36. The topological polar surface area (TPSA) is 95.9 Å². The second-order valence-corrected chi connectivity index (χ2v) is 9.38. The van der Waals surface area contributed by atoms with Crippen molar-refractivity contribution in [3.05, 3.63) is 82.6 Å². The second kappa shape index (κ2) is 12.5. The highest BCUT2D eigenvalue weighted by atomic mass is 35.5. The number of anilines is 2. The highest BCUT2D eigenvalue weighted by Crippen LogP contribution is 2.29. The molecule has 0 unspecified atom stereocenters. The molecule has 2 N–H and O–H groups in total. The molecule has 0 saturated carbocycles. The lowest BCUT2D eigenvalue weighted by atomic mass is 10.0. The van der Waals surface area contributed by atoms with Gasteiger partial charge in [-0.05, 0) is 65.9 Å². The molecular weight excluding hydrogens is 499 g/mol. The molecule has 9 heteroatoms. The fourth-order valence-corrected chi connectivity index (χ4v) is 3.89. The zero-order valence-electron chi connectivity index (χ0n) is 20.8. The van der Waals surface area contributed by atoms with Crippen LogP contribution in [0.15, 0.2) is 60.7 Å². The lowest BCUT2D eigenvalue weighted by Crippen LogP contribution is -2.38. The van der Waals surface area contributed by atoms with E-state index in [4.69, 9.17) is 16.3 Å². The molecule has 3 aromatic rings. The second-order valence-electron chi connectivity index (χ2n) is 8.94. The minimum Gasteiger partial charge on any atom is -0.478 e. The summed E-state index contributed by atoms with van der Waals surface area (Å²) < 4.78 is 18.8. The van der Waals surface area contributed by atoms with E-state index >= 15 is 0 Å². The first-order valence-corrected chi connectivity index (χ1v) is 12.0. The van der Waals surface area contributed by atoms with Crippen molar-refractivity contribution in [1.29, 1.82) is 0 Å². The van der Waals surface area contributed by atoms with Crippen molar-refractivity contribution in [3.8, 4) is 11.1 Å². The van der Waals surface area contributed by atoms with Crippen LogP contribution in [-0.4, -0.2) is 42.6 Å². The minimum absolute atomic E-state index is 0.0755. The summed E-state index contributed by atoms with van der Waals surface area (Å²) in [7, 11) is 0. The maximum Gasteiger partial charge on any atom is 0.337 e. The van der Waals surface area contributed by atoms with Gasteiger partial charge in [-0.1, -0.05) is 49.7 Å². The minimum atomic E-state index is -1.24. The Bertz CT molecular complexity index is 1290. The van der Waals surface area contributed by atoms with Crippen molar-refractivity contribution in [2.24, 2.45) is 5.92 Å². The van der Waals surface area contributed by atoms with Gasteiger partial charge in [-0.15, -0.1) is 0 Å². The van der Waals surface area contributed by atoms with Gasteiger partial charge in [0.15, 0.2) is 0 Å². The maximum atomic E-state index is 13.4. The molecule has 0 fully saturated rings. The van der Waals surface area contributed by atoms with Crippen LogP contribution in [-0.2, 0) is 14.3 Å². The van der Waals surface area contributed by atoms with Gasteiger partial charge in [-0.2, -0.15) is 0 Å². The summed E-state index contributed by atoms with van der Waals surface area (Å²) in [5.41, 5.74) is 3.14. The predicted molar refractivity (Wildman–Crippen MR) is 142 cm³/mol. The predicted octanol–water partition coefficient (Wildman–Crippen LogP) is 5.80. The van der Waals surface area contributed by atoms with E-state index in [1.807, 2.05) is 39.0 Å². The van der Waals surface area contributed by atoms with Gasteiger partial charge in [0.1, 0.15) is 19.0 Å². The molecule has 0 aliphatic rings. The molecule has 0 aliphatic heterocycles. The van der Waals surface area contributed by atoms with Crippen LogP contribution in [0.25, 0.3) is 11.1 Å². The zero-order chi connectivity index (χ0) is 27.1. The van der Waals surface area contributed by atoms with Gasteiger partial charge in [0.25, 0.3) is 5.91 Å². The number of carbonyl (C=O) groups is 3. The zero-order valence-corrected chi connectivity index (χ0v) is 21.5. The van der Waals surface area contributed by atoms with Crippen LogP contribution in [0.2, 0.25) is 5.02 Å². The first-order valence-electron chi connectivity index (χ1n) is 11.6. The number of hydrogen-bond donors (Lipinski definition) is 2. The Labute approximate surface area is 219 Å². The molecule has 0 aromatic heterocycles. The largest absolute Gasteiger partial charge is 0.478 e. The van der Waals surface area contributed by atoms with Crippen molar-refractivity contribution in [3.63, 3.8) is 0 Å². The molecule has 7 nitrogen and oxygen atoms in total. The Kier molecular flexibility index (Phi) is 9.38. The molecule has 2 amide bonds. The lowest BCUT2D eigenvalue weighted by molar-refractivity contribution is -0.127. The number of benzene rings is 3. The van der Waals surface area contributed by atoms with Crippen LogP contribution in [0.3, 0.4) is 0 Å². The summed E-state index contributed by atoms with van der Waals surface area (Å²) in [5, 5.41) is 12.0. The quantitative estimate of drug-likeness (QED) is 0.348. The van der Waals surface area contributed by atoms with Gasteiger partial charge in [0, 0.05) is 17.3 Å². The Morgan fingerprint density at radius 3 is 2.32 bits per heavy atom. The van der Waals surface area contributed by atoms with Gasteiger partial charge < -0.3 is 20.1 Å². The molecule has 194 valence electrons. The summed E-state index contributed by atoms with van der Waals surface area (Å²) in [6, 6.07) is 15.9. The van der Waals surface area contributed by atoms with Gasteiger partial charge in [-0.3, -0.25) is 9.59 Å². The fraction of sp³-hybridized carbons (Fsp3) is 0.250. The number of carboxylic acids is 1. The van der Waals surface area contributed by atoms with Gasteiger partial charge >= 0.3 is 5.97 Å². The molecule has 3 rings (SSSR count). The lowest BCUT2D eigenvalue weighted by Gasteiger charge is -2.27. The number of aromatic carboxylic acids is 1. The number of nitrogens with zero attached hydrogens (tertiary/aromatic N) is 1. The highest BCUT2D eigenvalue weighted by molar-refractivity contribution is 6.31. The number of rotatable bonds is 10. The molecule has 0 heterocycles. The average Bonchev–Trinajstić information content (AvgIpc) is 2.84. The molecular formula is C28H28ClFN2O5. The van der Waals surface area contributed by atoms with Crippen molar-refractivity contribution < 1.29 is 28.6 Å². The third kappa shape index (κ3) is 7.62. The van der Waals surface area contributed by atoms with E-state index in [1.165, 1.54) is 30.3 Å². The number of carboxylic acid groups (broad SMARTS) is 1. The number of hydrogen-bond acceptors (Lipinski definition) is 4. The number of carbonyl (C=O) groups excluding carboxylic acids is 2. The summed E-state index contributed by atoms with van der Waals surface area (Å²) in [6.45, 7) is 5.49. The first kappa shape index (κ1) is 27.8. The standard InChI is InChI=1S/C28H28ClFN2O5/c1-17(2)14-32(25-12-20(5-4-18(25)3)19-6-9-22(30)10-7-19)27(34)16-37-15-26(33)31-24-11-8-21(29)13-23(24)28(35)36/h4-13,17H,14-16H2,1-3H3,(H,31,33)(H,35,36). The van der Waals surface area contributed by atoms with Gasteiger partial charge in [-0.25, -0.2) is 9.18 Å². The van der Waals surface area contributed by atoms with Crippen LogP contribution in [0.5, 0.6) is 0 Å². The molecule has 37 heavy (non-hydrogen) atoms. The smallest absolute Gasteiger partial charge is 0.337 e. The molecule has 0 saturated heterocycles. The molecule has 0 atom stereocenters. The maximum absolute atomic E-state index is 13.4. The van der Waals surface area contributed by atoms with Crippen molar-refractivity contribution >= 4 is 40.8 Å². The Balaban J connectivity index is 1.70. The van der Waals surface area contributed by atoms with E-state index in [1.54, 1.807) is 17.0 Å². The molecule has 3 aromatic carbocycles. The third-order valence-corrected chi connectivity index (χ3v) is 5.71. The molecule has 0 spiro atoms. The van der Waals surface area contributed by atoms with Gasteiger partial charge in [0.2, 0.25) is 5.91 Å². The van der Waals surface area contributed by atoms with Gasteiger partial charge in [0.05, 0.1) is 11.3 Å². The molecule has 0 radical (unpaired) electrons. The fourth-order valence-electron chi connectivity index (χ4n) is 3.72. The summed E-state index contributed by atoms with van der Waals surface area (Å²) >= 11 is 5.84. The Hall–Kier alpha value is -3.75. The van der Waals surface area contributed by atoms with Crippen LogP contribution in [0, 0.1) is 18.7 Å². The van der Waals surface area contributed by atoms with E-state index in [-0.39, 0.29) is 40.5 Å². The SMILES string of the molecule is Cc1ccc(-c2ccc(F)cc2)cc1N(CC(C)C)C(=O)COCC(=O)Nc1ccc(Cl)cc1C(=O)O. The Morgan fingerprint density at radius 1 is 1.00 bits per heavy atom. The Morgan fingerprint density at radius 2 is 1.68 bits per heavy atom. The molecule has 0 aliphatic carbocycles. The monoisotopic (exact) mass is 526 g/mol. The number of ether oxygens (including phenoxy) is 1. The molecule has 0 bridgehead atoms. The third-order valence-electron chi connectivity index (χ3n) is 5.47. The number of nitrogens with one attached hydrogen (secondary N) is 1. The number of halogens is 2. The van der Waals surface area contributed by atoms with Crippen LogP contribution < -0.4 is 10.2 Å². The first-order chi connectivity index (χ1) is 17.5. The van der Waals surface area contributed by atoms with Crippen molar-refractivity contribution in [2.75, 3.05) is 30.0 Å². The summed E-state index contributed by atoms with van der Waals surface area (Å²) in [6.07, 6.45) is 0. The van der Waals surface area contributed by atoms with E-state index in [2.05, 4.69) is 5.32 Å². The van der Waals surface area contributed by atoms with E-state index in [0.717, 1.165) is 16.7 Å². The number of aryl methyl sites for hydroxylation is 1.